The van der Waals surface area contributed by atoms with Gasteiger partial charge in [0.2, 0.25) is 0 Å². The first-order chi connectivity index (χ1) is 8.81. The van der Waals surface area contributed by atoms with Crippen molar-refractivity contribution in [2.45, 2.75) is 13.5 Å². The Morgan fingerprint density at radius 1 is 0.833 bits per heavy atom. The van der Waals surface area contributed by atoms with E-state index in [2.05, 4.69) is 78.5 Å². The van der Waals surface area contributed by atoms with Gasteiger partial charge >= 0.3 is 0 Å². The second kappa shape index (κ2) is 4.61. The van der Waals surface area contributed by atoms with Crippen molar-refractivity contribution in [2.75, 3.05) is 0 Å². The van der Waals surface area contributed by atoms with Crippen LogP contribution in [0.4, 0.5) is 0 Å². The van der Waals surface area contributed by atoms with E-state index < -0.39 is 0 Å². The van der Waals surface area contributed by atoms with Crippen LogP contribution in [0, 0.1) is 6.92 Å². The minimum Gasteiger partial charge on any atom is -0.200 e. The molecule has 2 aromatic carbocycles. The third-order valence-electron chi connectivity index (χ3n) is 3.23. The average Bonchev–Trinajstić information content (AvgIpc) is 2.41. The summed E-state index contributed by atoms with van der Waals surface area (Å²) in [7, 11) is 0. The summed E-state index contributed by atoms with van der Waals surface area (Å²) in [6.07, 6.45) is 4.34. The zero-order valence-electron chi connectivity index (χ0n) is 10.5. The highest BCUT2D eigenvalue weighted by molar-refractivity contribution is 5.80. The van der Waals surface area contributed by atoms with Crippen LogP contribution in [0.25, 0.3) is 10.8 Å². The summed E-state index contributed by atoms with van der Waals surface area (Å²) in [5.74, 6) is 0. The van der Waals surface area contributed by atoms with Gasteiger partial charge in [0.05, 0.1) is 0 Å². The third kappa shape index (κ3) is 2.25. The monoisotopic (exact) mass is 234 g/mol. The van der Waals surface area contributed by atoms with E-state index in [4.69, 9.17) is 0 Å². The largest absolute Gasteiger partial charge is 0.200 e. The van der Waals surface area contributed by atoms with Crippen molar-refractivity contribution >= 4 is 10.8 Å². The average molecular weight is 234 g/mol. The van der Waals surface area contributed by atoms with Gasteiger partial charge in [0, 0.05) is 17.0 Å². The van der Waals surface area contributed by atoms with Gasteiger partial charge in [-0.1, -0.05) is 48.0 Å². The van der Waals surface area contributed by atoms with E-state index in [0.717, 1.165) is 6.54 Å². The van der Waals surface area contributed by atoms with Gasteiger partial charge in [-0.3, -0.25) is 0 Å². The van der Waals surface area contributed by atoms with Crippen molar-refractivity contribution in [1.29, 1.82) is 0 Å². The quantitative estimate of drug-likeness (QED) is 0.598. The maximum Gasteiger partial charge on any atom is 0.176 e. The third-order valence-corrected chi connectivity index (χ3v) is 3.23. The number of fused-ring (bicyclic) bond motifs is 1. The van der Waals surface area contributed by atoms with E-state index >= 15 is 0 Å². The van der Waals surface area contributed by atoms with Crippen LogP contribution in [0.5, 0.6) is 0 Å². The van der Waals surface area contributed by atoms with Crippen LogP contribution in [-0.4, -0.2) is 0 Å². The summed E-state index contributed by atoms with van der Waals surface area (Å²) in [5, 5.41) is 2.57. The molecule has 18 heavy (non-hydrogen) atoms. The Balaban J connectivity index is 1.92. The standard InChI is InChI=1S/C17H16N/c1-14-6-8-15(9-7-14)12-18-11-10-16-4-2-3-5-17(16)13-18/h2-11,13H,12H2,1H3/q+1. The van der Waals surface area contributed by atoms with Crippen molar-refractivity contribution in [3.8, 4) is 0 Å². The Morgan fingerprint density at radius 3 is 2.33 bits per heavy atom. The fraction of sp³-hybridized carbons (Fsp3) is 0.118. The molecule has 1 heterocycles. The van der Waals surface area contributed by atoms with Crippen molar-refractivity contribution in [3.05, 3.63) is 78.1 Å². The first-order valence-electron chi connectivity index (χ1n) is 6.25. The molecule has 1 aromatic heterocycles. The van der Waals surface area contributed by atoms with Gasteiger partial charge < -0.3 is 0 Å². The maximum absolute atomic E-state index is 2.23. The molecule has 0 saturated carbocycles. The molecule has 1 nitrogen and oxygen atoms in total. The Labute approximate surface area is 107 Å². The van der Waals surface area contributed by atoms with Gasteiger partial charge in [0.1, 0.15) is 0 Å². The van der Waals surface area contributed by atoms with E-state index in [1.807, 2.05) is 0 Å². The molecule has 0 aliphatic carbocycles. The van der Waals surface area contributed by atoms with Crippen LogP contribution in [-0.2, 0) is 6.54 Å². The summed E-state index contributed by atoms with van der Waals surface area (Å²) in [4.78, 5) is 0. The molecule has 88 valence electrons. The molecule has 0 fully saturated rings. The predicted octanol–water partition coefficient (Wildman–Crippen LogP) is 3.48. The summed E-state index contributed by atoms with van der Waals surface area (Å²) in [5.41, 5.74) is 2.64. The SMILES string of the molecule is Cc1ccc(C[n+]2ccc3ccccc3c2)cc1. The number of aromatic nitrogens is 1. The molecule has 0 unspecified atom stereocenters. The van der Waals surface area contributed by atoms with Crippen molar-refractivity contribution in [1.82, 2.24) is 0 Å². The van der Waals surface area contributed by atoms with Crippen LogP contribution < -0.4 is 4.57 Å². The van der Waals surface area contributed by atoms with E-state index in [9.17, 15) is 0 Å². The second-order valence-electron chi connectivity index (χ2n) is 4.73. The number of nitrogens with zero attached hydrogens (tertiary/aromatic N) is 1. The van der Waals surface area contributed by atoms with Crippen LogP contribution in [0.15, 0.2) is 67.0 Å². The molecule has 0 aliphatic heterocycles. The van der Waals surface area contributed by atoms with Gasteiger partial charge in [-0.2, -0.15) is 0 Å². The summed E-state index contributed by atoms with van der Waals surface area (Å²) < 4.78 is 2.23. The molecule has 0 spiro atoms. The molecule has 0 atom stereocenters. The lowest BCUT2D eigenvalue weighted by atomic mass is 10.1. The number of benzene rings is 2. The van der Waals surface area contributed by atoms with E-state index in [-0.39, 0.29) is 0 Å². The Hall–Kier alpha value is -2.15. The Kier molecular flexibility index (Phi) is 2.81. The number of pyridine rings is 1. The van der Waals surface area contributed by atoms with Crippen LogP contribution in [0.1, 0.15) is 11.1 Å². The van der Waals surface area contributed by atoms with Crippen molar-refractivity contribution in [3.63, 3.8) is 0 Å². The lowest BCUT2D eigenvalue weighted by Crippen LogP contribution is -2.33. The highest BCUT2D eigenvalue weighted by Crippen LogP contribution is 2.10. The predicted molar refractivity (Wildman–Crippen MR) is 74.4 cm³/mol. The normalized spacial score (nSPS) is 10.7. The minimum absolute atomic E-state index is 0.922. The minimum atomic E-state index is 0.922. The molecule has 0 saturated heterocycles. The van der Waals surface area contributed by atoms with Gasteiger partial charge in [-0.25, -0.2) is 4.57 Å². The molecule has 0 aliphatic rings. The fourth-order valence-electron chi connectivity index (χ4n) is 2.18. The zero-order valence-corrected chi connectivity index (χ0v) is 10.5. The van der Waals surface area contributed by atoms with Crippen molar-refractivity contribution in [2.24, 2.45) is 0 Å². The first kappa shape index (κ1) is 11.0. The topological polar surface area (TPSA) is 3.88 Å². The molecule has 3 rings (SSSR count). The maximum atomic E-state index is 2.23. The highest BCUT2D eigenvalue weighted by Gasteiger charge is 2.03. The molecular formula is C17H16N+. The van der Waals surface area contributed by atoms with Gasteiger partial charge in [0.25, 0.3) is 0 Å². The number of rotatable bonds is 2. The number of hydrogen-bond acceptors (Lipinski definition) is 0. The van der Waals surface area contributed by atoms with E-state index in [0.29, 0.717) is 0 Å². The molecule has 1 heteroatoms. The van der Waals surface area contributed by atoms with Crippen LogP contribution in [0.3, 0.4) is 0 Å². The number of aryl methyl sites for hydroxylation is 1. The van der Waals surface area contributed by atoms with Gasteiger partial charge in [0.15, 0.2) is 18.9 Å². The summed E-state index contributed by atoms with van der Waals surface area (Å²) in [6, 6.07) is 19.3. The van der Waals surface area contributed by atoms with Crippen LogP contribution >= 0.6 is 0 Å². The van der Waals surface area contributed by atoms with Crippen molar-refractivity contribution < 1.29 is 4.57 Å². The molecule has 0 amide bonds. The lowest BCUT2D eigenvalue weighted by Gasteiger charge is -2.00. The number of hydrogen-bond donors (Lipinski definition) is 0. The molecule has 3 aromatic rings. The zero-order chi connectivity index (χ0) is 12.4. The highest BCUT2D eigenvalue weighted by atomic mass is 14.9. The fourth-order valence-corrected chi connectivity index (χ4v) is 2.18. The van der Waals surface area contributed by atoms with Crippen LogP contribution in [0.2, 0.25) is 0 Å². The second-order valence-corrected chi connectivity index (χ2v) is 4.73. The molecule has 0 bridgehead atoms. The van der Waals surface area contributed by atoms with E-state index in [1.165, 1.54) is 21.9 Å². The molecular weight excluding hydrogens is 218 g/mol. The smallest absolute Gasteiger partial charge is 0.176 e. The summed E-state index contributed by atoms with van der Waals surface area (Å²) >= 11 is 0. The Morgan fingerprint density at radius 2 is 1.56 bits per heavy atom. The first-order valence-corrected chi connectivity index (χ1v) is 6.25. The van der Waals surface area contributed by atoms with E-state index in [1.54, 1.807) is 0 Å². The molecule has 0 radical (unpaired) electrons. The lowest BCUT2D eigenvalue weighted by molar-refractivity contribution is -0.687. The molecule has 0 N–H and O–H groups in total. The summed E-state index contributed by atoms with van der Waals surface area (Å²) in [6.45, 7) is 3.04. The van der Waals surface area contributed by atoms with Gasteiger partial charge in [-0.15, -0.1) is 0 Å². The Bertz CT molecular complexity index is 669. The van der Waals surface area contributed by atoms with Gasteiger partial charge in [-0.05, 0) is 18.4 Å².